The minimum absolute atomic E-state index is 0.195. The van der Waals surface area contributed by atoms with Crippen LogP contribution in [0.3, 0.4) is 0 Å². The second kappa shape index (κ2) is 4.66. The lowest BCUT2D eigenvalue weighted by Crippen LogP contribution is -2.10. The van der Waals surface area contributed by atoms with Crippen LogP contribution in [-0.2, 0) is 6.61 Å². The third-order valence-electron chi connectivity index (χ3n) is 1.79. The summed E-state index contributed by atoms with van der Waals surface area (Å²) in [5.74, 6) is -0.702. The molecular weight excluding hydrogens is 251 g/mol. The van der Waals surface area contributed by atoms with Gasteiger partial charge in [-0.1, -0.05) is 15.9 Å². The van der Waals surface area contributed by atoms with Crippen LogP contribution in [0.1, 0.15) is 22.8 Å². The standard InChI is InChI=1S/C10H10BrFO2/c1-6(11)10(14)8-2-7(5-13)3-9(12)4-8/h2-4,6,13H,5H2,1H3. The van der Waals surface area contributed by atoms with Crippen LogP contribution in [0.4, 0.5) is 4.39 Å². The lowest BCUT2D eigenvalue weighted by molar-refractivity contribution is 0.0995. The molecule has 1 unspecified atom stereocenters. The van der Waals surface area contributed by atoms with Gasteiger partial charge in [-0.15, -0.1) is 0 Å². The molecule has 76 valence electrons. The van der Waals surface area contributed by atoms with E-state index in [4.69, 9.17) is 5.11 Å². The fourth-order valence-corrected chi connectivity index (χ4v) is 1.38. The first-order valence-electron chi connectivity index (χ1n) is 4.13. The third kappa shape index (κ3) is 2.62. The van der Waals surface area contributed by atoms with E-state index in [0.717, 1.165) is 0 Å². The predicted molar refractivity (Wildman–Crippen MR) is 55.0 cm³/mol. The number of alkyl halides is 1. The van der Waals surface area contributed by atoms with Crippen LogP contribution in [0.15, 0.2) is 18.2 Å². The molecule has 0 amide bonds. The van der Waals surface area contributed by atoms with E-state index in [1.54, 1.807) is 6.92 Å². The van der Waals surface area contributed by atoms with Crippen molar-refractivity contribution in [2.75, 3.05) is 0 Å². The number of Topliss-reactive ketones (excluding diaryl/α,β-unsaturated/α-hetero) is 1. The summed E-state index contributed by atoms with van der Waals surface area (Å²) in [4.78, 5) is 11.1. The van der Waals surface area contributed by atoms with Gasteiger partial charge in [0.25, 0.3) is 0 Å². The Morgan fingerprint density at radius 2 is 2.21 bits per heavy atom. The Kier molecular flexibility index (Phi) is 3.77. The molecule has 0 aromatic heterocycles. The second-order valence-corrected chi connectivity index (χ2v) is 4.36. The van der Waals surface area contributed by atoms with Crippen molar-refractivity contribution in [2.24, 2.45) is 0 Å². The predicted octanol–water partition coefficient (Wildman–Crippen LogP) is 2.28. The van der Waals surface area contributed by atoms with Gasteiger partial charge < -0.3 is 5.11 Å². The van der Waals surface area contributed by atoms with Crippen LogP contribution in [0.2, 0.25) is 0 Å². The summed E-state index contributed by atoms with van der Waals surface area (Å²) in [5, 5.41) is 8.82. The molecule has 1 aromatic carbocycles. The molecule has 0 saturated carbocycles. The van der Waals surface area contributed by atoms with Crippen molar-refractivity contribution >= 4 is 21.7 Å². The molecule has 0 spiro atoms. The van der Waals surface area contributed by atoms with E-state index in [9.17, 15) is 9.18 Å². The number of rotatable bonds is 3. The second-order valence-electron chi connectivity index (χ2n) is 2.99. The Morgan fingerprint density at radius 1 is 1.57 bits per heavy atom. The van der Waals surface area contributed by atoms with Crippen molar-refractivity contribution in [2.45, 2.75) is 18.4 Å². The number of ketones is 1. The lowest BCUT2D eigenvalue weighted by atomic mass is 10.1. The zero-order chi connectivity index (χ0) is 10.7. The van der Waals surface area contributed by atoms with E-state index >= 15 is 0 Å². The van der Waals surface area contributed by atoms with Gasteiger partial charge in [0.15, 0.2) is 5.78 Å². The number of halogens is 2. The van der Waals surface area contributed by atoms with Gasteiger partial charge in [0.2, 0.25) is 0 Å². The van der Waals surface area contributed by atoms with E-state index in [2.05, 4.69) is 15.9 Å². The van der Waals surface area contributed by atoms with Gasteiger partial charge >= 0.3 is 0 Å². The number of aliphatic hydroxyl groups excluding tert-OH is 1. The molecule has 0 aliphatic rings. The molecule has 1 rings (SSSR count). The topological polar surface area (TPSA) is 37.3 Å². The number of carbonyl (C=O) groups is 1. The van der Waals surface area contributed by atoms with Gasteiger partial charge in [-0.05, 0) is 30.7 Å². The highest BCUT2D eigenvalue weighted by molar-refractivity contribution is 9.10. The summed E-state index contributed by atoms with van der Waals surface area (Å²) < 4.78 is 13.0. The van der Waals surface area contributed by atoms with Gasteiger partial charge in [0, 0.05) is 5.56 Å². The first kappa shape index (κ1) is 11.3. The van der Waals surface area contributed by atoms with Gasteiger partial charge in [-0.3, -0.25) is 4.79 Å². The van der Waals surface area contributed by atoms with Crippen molar-refractivity contribution < 1.29 is 14.3 Å². The molecule has 0 radical (unpaired) electrons. The molecule has 0 aliphatic heterocycles. The van der Waals surface area contributed by atoms with Crippen molar-refractivity contribution in [3.63, 3.8) is 0 Å². The van der Waals surface area contributed by atoms with E-state index < -0.39 is 5.82 Å². The molecule has 0 aliphatic carbocycles. The quantitative estimate of drug-likeness (QED) is 0.669. The molecular formula is C10H10BrFO2. The number of hydrogen-bond acceptors (Lipinski definition) is 2. The van der Waals surface area contributed by atoms with Crippen molar-refractivity contribution in [1.29, 1.82) is 0 Å². The molecule has 1 atom stereocenters. The maximum absolute atomic E-state index is 13.0. The molecule has 0 heterocycles. The summed E-state index contributed by atoms with van der Waals surface area (Å²) in [5.41, 5.74) is 0.680. The Labute approximate surface area is 89.9 Å². The summed E-state index contributed by atoms with van der Waals surface area (Å²) in [6.07, 6.45) is 0. The maximum Gasteiger partial charge on any atom is 0.176 e. The lowest BCUT2D eigenvalue weighted by Gasteiger charge is -2.05. The summed E-state index contributed by atoms with van der Waals surface area (Å²) in [6, 6.07) is 3.86. The molecule has 1 N–H and O–H groups in total. The normalized spacial score (nSPS) is 12.6. The Morgan fingerprint density at radius 3 is 2.71 bits per heavy atom. The summed E-state index contributed by atoms with van der Waals surface area (Å²) in [7, 11) is 0. The summed E-state index contributed by atoms with van der Waals surface area (Å²) in [6.45, 7) is 1.40. The molecule has 4 heteroatoms. The monoisotopic (exact) mass is 260 g/mol. The van der Waals surface area contributed by atoms with Crippen LogP contribution in [0.5, 0.6) is 0 Å². The minimum atomic E-state index is -0.506. The smallest absolute Gasteiger partial charge is 0.176 e. The van der Waals surface area contributed by atoms with Crippen LogP contribution < -0.4 is 0 Å². The maximum atomic E-state index is 13.0. The van der Waals surface area contributed by atoms with Crippen LogP contribution >= 0.6 is 15.9 Å². The molecule has 14 heavy (non-hydrogen) atoms. The van der Waals surface area contributed by atoms with Gasteiger partial charge in [-0.25, -0.2) is 4.39 Å². The highest BCUT2D eigenvalue weighted by atomic mass is 79.9. The van der Waals surface area contributed by atoms with Crippen molar-refractivity contribution in [3.05, 3.63) is 35.1 Å². The molecule has 2 nitrogen and oxygen atoms in total. The van der Waals surface area contributed by atoms with Crippen LogP contribution in [0.25, 0.3) is 0 Å². The molecule has 0 saturated heterocycles. The number of benzene rings is 1. The van der Waals surface area contributed by atoms with E-state index in [1.165, 1.54) is 18.2 Å². The van der Waals surface area contributed by atoms with E-state index in [1.807, 2.05) is 0 Å². The van der Waals surface area contributed by atoms with Crippen molar-refractivity contribution in [3.8, 4) is 0 Å². The average Bonchev–Trinajstić information content (AvgIpc) is 2.15. The third-order valence-corrected chi connectivity index (χ3v) is 2.20. The SMILES string of the molecule is CC(Br)C(=O)c1cc(F)cc(CO)c1. The highest BCUT2D eigenvalue weighted by Gasteiger charge is 2.13. The molecule has 1 aromatic rings. The molecule has 0 bridgehead atoms. The first-order valence-corrected chi connectivity index (χ1v) is 5.04. The zero-order valence-electron chi connectivity index (χ0n) is 7.63. The number of aliphatic hydroxyl groups is 1. The Bertz CT molecular complexity index is 350. The first-order chi connectivity index (χ1) is 6.54. The Balaban J connectivity index is 3.09. The van der Waals surface area contributed by atoms with Crippen LogP contribution in [0, 0.1) is 5.82 Å². The largest absolute Gasteiger partial charge is 0.392 e. The van der Waals surface area contributed by atoms with Gasteiger partial charge in [-0.2, -0.15) is 0 Å². The van der Waals surface area contributed by atoms with E-state index in [0.29, 0.717) is 5.56 Å². The average molecular weight is 261 g/mol. The number of hydrogen-bond donors (Lipinski definition) is 1. The van der Waals surface area contributed by atoms with Crippen LogP contribution in [-0.4, -0.2) is 15.7 Å². The summed E-state index contributed by atoms with van der Waals surface area (Å²) >= 11 is 3.11. The van der Waals surface area contributed by atoms with Crippen molar-refractivity contribution in [1.82, 2.24) is 0 Å². The fourth-order valence-electron chi connectivity index (χ4n) is 1.11. The molecule has 0 fully saturated rings. The highest BCUT2D eigenvalue weighted by Crippen LogP contribution is 2.14. The van der Waals surface area contributed by atoms with Gasteiger partial charge in [0.05, 0.1) is 11.4 Å². The van der Waals surface area contributed by atoms with Gasteiger partial charge in [0.1, 0.15) is 5.82 Å². The van der Waals surface area contributed by atoms with E-state index in [-0.39, 0.29) is 22.8 Å². The fraction of sp³-hybridized carbons (Fsp3) is 0.300. The zero-order valence-corrected chi connectivity index (χ0v) is 9.21. The Hall–Kier alpha value is -0.740. The minimum Gasteiger partial charge on any atom is -0.392 e. The number of carbonyl (C=O) groups excluding carboxylic acids is 1.